The van der Waals surface area contributed by atoms with Crippen LogP contribution in [-0.4, -0.2) is 25.9 Å². The predicted octanol–water partition coefficient (Wildman–Crippen LogP) is 5.53. The summed E-state index contributed by atoms with van der Waals surface area (Å²) >= 11 is 1.74. The zero-order valence-electron chi connectivity index (χ0n) is 17.1. The molecule has 0 saturated heterocycles. The van der Waals surface area contributed by atoms with Crippen LogP contribution in [0.5, 0.6) is 5.75 Å². The Kier molecular flexibility index (Phi) is 6.88. The zero-order chi connectivity index (χ0) is 20.1. The summed E-state index contributed by atoms with van der Waals surface area (Å²) in [6.07, 6.45) is 12.1. The van der Waals surface area contributed by atoms with Crippen molar-refractivity contribution in [2.75, 3.05) is 13.8 Å². The standard InChI is InChI=1S/C24H31NO3S/c1-27-22(26)10-5-3-2-4-8-20-18-11-12-19(15-18)23(20)25-16-28-21-9-6-7-17-13-14-29-24(17)21/h2,4,6-7,9,13-14,18-20,23,25H,3,5,8,10-12,15-16H2,1H3/b4-2-/t18-,19?,20+,23+/m1/s1. The average Bonchev–Trinajstić information content (AvgIpc) is 3.47. The number of benzene rings is 1. The molecular weight excluding hydrogens is 382 g/mol. The number of thiophene rings is 1. The molecule has 156 valence electrons. The van der Waals surface area contributed by atoms with Crippen molar-refractivity contribution >= 4 is 27.4 Å². The van der Waals surface area contributed by atoms with E-state index in [1.165, 1.54) is 36.5 Å². The highest BCUT2D eigenvalue weighted by Gasteiger charge is 2.46. The van der Waals surface area contributed by atoms with E-state index in [2.05, 4.69) is 47.1 Å². The number of ether oxygens (including phenoxy) is 2. The Hall–Kier alpha value is -1.85. The average molecular weight is 414 g/mol. The molecule has 4 atom stereocenters. The summed E-state index contributed by atoms with van der Waals surface area (Å²) in [5.41, 5.74) is 0. The van der Waals surface area contributed by atoms with Gasteiger partial charge in [-0.3, -0.25) is 10.1 Å². The van der Waals surface area contributed by atoms with Gasteiger partial charge in [-0.25, -0.2) is 0 Å². The van der Waals surface area contributed by atoms with Crippen LogP contribution in [0.15, 0.2) is 41.8 Å². The lowest BCUT2D eigenvalue weighted by Crippen LogP contribution is -2.42. The summed E-state index contributed by atoms with van der Waals surface area (Å²) in [7, 11) is 1.45. The van der Waals surface area contributed by atoms with Gasteiger partial charge in [-0.1, -0.05) is 24.3 Å². The third-order valence-corrected chi connectivity index (χ3v) is 7.58. The van der Waals surface area contributed by atoms with Gasteiger partial charge in [-0.05, 0) is 79.2 Å². The first-order valence-electron chi connectivity index (χ1n) is 10.8. The Morgan fingerprint density at radius 1 is 1.24 bits per heavy atom. The molecule has 0 spiro atoms. The molecule has 2 aliphatic rings. The lowest BCUT2D eigenvalue weighted by atomic mass is 9.82. The van der Waals surface area contributed by atoms with Crippen molar-refractivity contribution in [2.24, 2.45) is 17.8 Å². The number of allylic oxidation sites excluding steroid dienone is 2. The highest BCUT2D eigenvalue weighted by Crippen LogP contribution is 2.49. The quantitative estimate of drug-likeness (QED) is 0.241. The molecule has 2 fully saturated rings. The SMILES string of the molecule is COC(=O)CCC/C=C\C[C@H]1[C@@H]2CCC(C2)[C@@H]1NCOc1cccc2ccsc12. The van der Waals surface area contributed by atoms with Gasteiger partial charge in [0.25, 0.3) is 0 Å². The zero-order valence-corrected chi connectivity index (χ0v) is 18.0. The first kappa shape index (κ1) is 20.4. The Morgan fingerprint density at radius 3 is 3.03 bits per heavy atom. The number of hydrogen-bond donors (Lipinski definition) is 1. The monoisotopic (exact) mass is 413 g/mol. The van der Waals surface area contributed by atoms with Crippen LogP contribution in [0.4, 0.5) is 0 Å². The van der Waals surface area contributed by atoms with Crippen molar-refractivity contribution in [2.45, 2.75) is 51.0 Å². The van der Waals surface area contributed by atoms with Crippen LogP contribution in [-0.2, 0) is 9.53 Å². The van der Waals surface area contributed by atoms with E-state index >= 15 is 0 Å². The summed E-state index contributed by atoms with van der Waals surface area (Å²) in [6.45, 7) is 0.574. The molecule has 4 rings (SSSR count). The highest BCUT2D eigenvalue weighted by molar-refractivity contribution is 7.17. The van der Waals surface area contributed by atoms with Crippen molar-refractivity contribution in [3.05, 3.63) is 41.8 Å². The molecular formula is C24H31NO3S. The number of nitrogens with one attached hydrogen (secondary N) is 1. The van der Waals surface area contributed by atoms with Crippen molar-refractivity contribution in [1.29, 1.82) is 0 Å². The molecule has 2 aromatic rings. The van der Waals surface area contributed by atoms with Crippen LogP contribution in [0, 0.1) is 17.8 Å². The molecule has 0 aliphatic heterocycles. The maximum absolute atomic E-state index is 11.2. The molecule has 29 heavy (non-hydrogen) atoms. The molecule has 2 bridgehead atoms. The van der Waals surface area contributed by atoms with Crippen molar-refractivity contribution < 1.29 is 14.3 Å². The molecule has 2 saturated carbocycles. The summed E-state index contributed by atoms with van der Waals surface area (Å²) in [6, 6.07) is 8.96. The molecule has 1 heterocycles. The molecule has 0 amide bonds. The van der Waals surface area contributed by atoms with Crippen LogP contribution in [0.3, 0.4) is 0 Å². The fraction of sp³-hybridized carbons (Fsp3) is 0.542. The summed E-state index contributed by atoms with van der Waals surface area (Å²) < 4.78 is 12.0. The number of carbonyl (C=O) groups is 1. The predicted molar refractivity (Wildman–Crippen MR) is 118 cm³/mol. The molecule has 1 unspecified atom stereocenters. The van der Waals surface area contributed by atoms with Crippen LogP contribution in [0.2, 0.25) is 0 Å². The number of methoxy groups -OCH3 is 1. The maximum atomic E-state index is 11.2. The van der Waals surface area contributed by atoms with Crippen LogP contribution >= 0.6 is 11.3 Å². The topological polar surface area (TPSA) is 47.6 Å². The van der Waals surface area contributed by atoms with Crippen molar-refractivity contribution in [1.82, 2.24) is 5.32 Å². The van der Waals surface area contributed by atoms with Gasteiger partial charge in [0, 0.05) is 12.5 Å². The minimum absolute atomic E-state index is 0.117. The number of unbranched alkanes of at least 4 members (excludes halogenated alkanes) is 1. The van der Waals surface area contributed by atoms with Crippen LogP contribution in [0.1, 0.15) is 44.9 Å². The minimum atomic E-state index is -0.117. The van der Waals surface area contributed by atoms with Gasteiger partial charge in [0.05, 0.1) is 11.8 Å². The number of hydrogen-bond acceptors (Lipinski definition) is 5. The van der Waals surface area contributed by atoms with E-state index in [1.807, 2.05) is 0 Å². The van der Waals surface area contributed by atoms with Gasteiger partial charge in [0.1, 0.15) is 12.5 Å². The maximum Gasteiger partial charge on any atom is 0.305 e. The van der Waals surface area contributed by atoms with E-state index in [-0.39, 0.29) is 5.97 Å². The van der Waals surface area contributed by atoms with Gasteiger partial charge in [0.15, 0.2) is 0 Å². The fourth-order valence-electron chi connectivity index (χ4n) is 5.20. The van der Waals surface area contributed by atoms with E-state index in [0.717, 1.165) is 36.8 Å². The minimum Gasteiger partial charge on any atom is -0.477 e. The molecule has 2 aliphatic carbocycles. The lowest BCUT2D eigenvalue weighted by Gasteiger charge is -2.31. The molecule has 1 aromatic carbocycles. The Bertz CT molecular complexity index is 846. The molecule has 1 N–H and O–H groups in total. The number of fused-ring (bicyclic) bond motifs is 3. The molecule has 0 radical (unpaired) electrons. The third-order valence-electron chi connectivity index (χ3n) is 6.63. The summed E-state index contributed by atoms with van der Waals surface area (Å²) in [5.74, 6) is 3.20. The summed E-state index contributed by atoms with van der Waals surface area (Å²) in [5, 5.41) is 7.10. The molecule has 4 nitrogen and oxygen atoms in total. The van der Waals surface area contributed by atoms with Gasteiger partial charge < -0.3 is 9.47 Å². The Morgan fingerprint density at radius 2 is 2.14 bits per heavy atom. The first-order chi connectivity index (χ1) is 14.3. The van der Waals surface area contributed by atoms with Crippen LogP contribution in [0.25, 0.3) is 10.1 Å². The number of rotatable bonds is 10. The van der Waals surface area contributed by atoms with Crippen LogP contribution < -0.4 is 10.1 Å². The highest BCUT2D eigenvalue weighted by atomic mass is 32.1. The third kappa shape index (κ3) is 4.84. The lowest BCUT2D eigenvalue weighted by molar-refractivity contribution is -0.140. The van der Waals surface area contributed by atoms with E-state index in [1.54, 1.807) is 11.3 Å². The van der Waals surface area contributed by atoms with Gasteiger partial charge >= 0.3 is 5.97 Å². The number of esters is 1. The molecule has 5 heteroatoms. The normalized spacial score (nSPS) is 25.8. The van der Waals surface area contributed by atoms with E-state index in [9.17, 15) is 4.79 Å². The van der Waals surface area contributed by atoms with Gasteiger partial charge in [-0.2, -0.15) is 0 Å². The van der Waals surface area contributed by atoms with Gasteiger partial charge in [-0.15, -0.1) is 11.3 Å². The second kappa shape index (κ2) is 9.77. The Labute approximate surface area is 177 Å². The van der Waals surface area contributed by atoms with E-state index in [4.69, 9.17) is 9.47 Å². The first-order valence-corrected chi connectivity index (χ1v) is 11.7. The van der Waals surface area contributed by atoms with E-state index in [0.29, 0.717) is 25.1 Å². The van der Waals surface area contributed by atoms with Gasteiger partial charge in [0.2, 0.25) is 0 Å². The fourth-order valence-corrected chi connectivity index (χ4v) is 6.07. The smallest absolute Gasteiger partial charge is 0.305 e. The van der Waals surface area contributed by atoms with Crippen molar-refractivity contribution in [3.8, 4) is 5.75 Å². The molecule has 1 aromatic heterocycles. The number of carbonyl (C=O) groups excluding carboxylic acids is 1. The van der Waals surface area contributed by atoms with E-state index < -0.39 is 0 Å². The largest absolute Gasteiger partial charge is 0.477 e. The Balaban J connectivity index is 1.26. The van der Waals surface area contributed by atoms with Crippen molar-refractivity contribution in [3.63, 3.8) is 0 Å². The summed E-state index contributed by atoms with van der Waals surface area (Å²) in [4.78, 5) is 11.2. The second-order valence-electron chi connectivity index (χ2n) is 8.29. The second-order valence-corrected chi connectivity index (χ2v) is 9.20.